The molecule has 1 amide bonds. The highest BCUT2D eigenvalue weighted by molar-refractivity contribution is 5.93. The Morgan fingerprint density at radius 2 is 2.22 bits per heavy atom. The van der Waals surface area contributed by atoms with Crippen LogP contribution in [0.1, 0.15) is 36.8 Å². The average molecular weight is 310 g/mol. The average Bonchev–Trinajstić information content (AvgIpc) is 2.55. The number of anilines is 1. The number of ether oxygens (including phenoxy) is 2. The van der Waals surface area contributed by atoms with E-state index in [9.17, 15) is 4.79 Å². The lowest BCUT2D eigenvalue weighted by Gasteiger charge is -2.24. The highest BCUT2D eigenvalue weighted by atomic mass is 16.5. The summed E-state index contributed by atoms with van der Waals surface area (Å²) < 4.78 is 11.8. The normalized spacial score (nSPS) is 19.2. The zero-order chi connectivity index (χ0) is 15.8. The third-order valence-corrected chi connectivity index (χ3v) is 4.42. The van der Waals surface area contributed by atoms with E-state index in [-0.39, 0.29) is 5.91 Å². The number of carbonyl (C=O) groups excluding carboxylic acids is 1. The van der Waals surface area contributed by atoms with Gasteiger partial charge in [0.25, 0.3) is 0 Å². The van der Waals surface area contributed by atoms with E-state index < -0.39 is 0 Å². The second kappa shape index (κ2) is 5.57. The summed E-state index contributed by atoms with van der Waals surface area (Å²) in [4.78, 5) is 15.7. The van der Waals surface area contributed by atoms with E-state index in [0.29, 0.717) is 24.6 Å². The predicted molar refractivity (Wildman–Crippen MR) is 86.2 cm³/mol. The van der Waals surface area contributed by atoms with E-state index in [4.69, 9.17) is 9.47 Å². The van der Waals surface area contributed by atoms with Gasteiger partial charge >= 0.3 is 0 Å². The minimum atomic E-state index is 0.00176. The molecule has 0 saturated carbocycles. The van der Waals surface area contributed by atoms with Crippen molar-refractivity contribution >= 4 is 11.7 Å². The van der Waals surface area contributed by atoms with E-state index >= 15 is 0 Å². The molecule has 0 fully saturated rings. The summed E-state index contributed by atoms with van der Waals surface area (Å²) in [7, 11) is 0. The summed E-state index contributed by atoms with van der Waals surface area (Å²) in [5.74, 6) is 3.55. The van der Waals surface area contributed by atoms with Crippen molar-refractivity contribution in [2.24, 2.45) is 0 Å². The van der Waals surface area contributed by atoms with Gasteiger partial charge in [0.2, 0.25) is 5.91 Å². The smallest absolute Gasteiger partial charge is 0.225 e. The summed E-state index contributed by atoms with van der Waals surface area (Å²) in [5.41, 5.74) is 2.14. The van der Waals surface area contributed by atoms with Crippen LogP contribution >= 0.6 is 0 Å². The molecule has 1 aromatic heterocycles. The van der Waals surface area contributed by atoms with Crippen LogP contribution in [0.25, 0.3) is 0 Å². The number of fused-ring (bicyclic) bond motifs is 2. The molecule has 1 aromatic carbocycles. The monoisotopic (exact) mass is 310 g/mol. The third kappa shape index (κ3) is 2.63. The van der Waals surface area contributed by atoms with Crippen molar-refractivity contribution in [1.82, 2.24) is 4.98 Å². The lowest BCUT2D eigenvalue weighted by atomic mass is 9.95. The molecule has 23 heavy (non-hydrogen) atoms. The zero-order valence-electron chi connectivity index (χ0n) is 13.0. The number of aromatic nitrogens is 1. The van der Waals surface area contributed by atoms with Gasteiger partial charge in [0.15, 0.2) is 0 Å². The highest BCUT2D eigenvalue weighted by Gasteiger charge is 2.21. The number of amides is 1. The van der Waals surface area contributed by atoms with Gasteiger partial charge in [-0.1, -0.05) is 6.92 Å². The molecule has 5 heteroatoms. The molecular weight excluding hydrogens is 292 g/mol. The van der Waals surface area contributed by atoms with Gasteiger partial charge in [-0.2, -0.15) is 0 Å². The fourth-order valence-electron chi connectivity index (χ4n) is 3.09. The van der Waals surface area contributed by atoms with Crippen molar-refractivity contribution in [2.75, 3.05) is 11.9 Å². The van der Waals surface area contributed by atoms with Crippen molar-refractivity contribution in [3.05, 3.63) is 41.6 Å². The van der Waals surface area contributed by atoms with Crippen molar-refractivity contribution in [3.63, 3.8) is 0 Å². The Morgan fingerprint density at radius 1 is 1.30 bits per heavy atom. The second-order valence-electron chi connectivity index (χ2n) is 6.02. The molecule has 2 aliphatic heterocycles. The van der Waals surface area contributed by atoms with Crippen LogP contribution in [0.3, 0.4) is 0 Å². The largest absolute Gasteiger partial charge is 0.493 e. The minimum absolute atomic E-state index is 0.00176. The maximum absolute atomic E-state index is 11.5. The topological polar surface area (TPSA) is 60.5 Å². The van der Waals surface area contributed by atoms with Crippen molar-refractivity contribution in [2.45, 2.75) is 32.1 Å². The SMILES string of the molecule is C[C@@H]1CCOc2ccc(Oc3ccnc4c3CCC(=O)N4)cc21. The molecule has 0 radical (unpaired) electrons. The number of pyridine rings is 1. The van der Waals surface area contributed by atoms with E-state index in [0.717, 1.165) is 35.8 Å². The van der Waals surface area contributed by atoms with Crippen LogP contribution in [-0.4, -0.2) is 17.5 Å². The first-order chi connectivity index (χ1) is 11.2. The lowest BCUT2D eigenvalue weighted by molar-refractivity contribution is -0.116. The van der Waals surface area contributed by atoms with E-state index in [1.54, 1.807) is 6.20 Å². The number of hydrogen-bond acceptors (Lipinski definition) is 4. The number of benzene rings is 1. The van der Waals surface area contributed by atoms with Gasteiger partial charge in [0.1, 0.15) is 23.1 Å². The maximum atomic E-state index is 11.5. The first-order valence-corrected chi connectivity index (χ1v) is 7.93. The molecule has 2 aromatic rings. The van der Waals surface area contributed by atoms with Gasteiger partial charge in [-0.05, 0) is 43.0 Å². The van der Waals surface area contributed by atoms with Crippen LogP contribution in [-0.2, 0) is 11.2 Å². The lowest BCUT2D eigenvalue weighted by Crippen LogP contribution is -2.20. The van der Waals surface area contributed by atoms with Gasteiger partial charge in [-0.15, -0.1) is 0 Å². The molecule has 2 aliphatic rings. The predicted octanol–water partition coefficient (Wildman–Crippen LogP) is 3.64. The second-order valence-corrected chi connectivity index (χ2v) is 6.02. The van der Waals surface area contributed by atoms with Crippen LogP contribution < -0.4 is 14.8 Å². The fraction of sp³-hybridized carbons (Fsp3) is 0.333. The molecule has 0 saturated heterocycles. The fourth-order valence-corrected chi connectivity index (χ4v) is 3.09. The van der Waals surface area contributed by atoms with Gasteiger partial charge in [-0.25, -0.2) is 4.98 Å². The van der Waals surface area contributed by atoms with Gasteiger partial charge < -0.3 is 14.8 Å². The minimum Gasteiger partial charge on any atom is -0.493 e. The molecule has 0 spiro atoms. The van der Waals surface area contributed by atoms with Crippen molar-refractivity contribution in [3.8, 4) is 17.2 Å². The first-order valence-electron chi connectivity index (χ1n) is 7.93. The Balaban J connectivity index is 1.65. The highest BCUT2D eigenvalue weighted by Crippen LogP contribution is 2.38. The molecule has 118 valence electrons. The summed E-state index contributed by atoms with van der Waals surface area (Å²) in [5, 5.41) is 2.79. The third-order valence-electron chi connectivity index (χ3n) is 4.42. The molecule has 5 nitrogen and oxygen atoms in total. The number of carbonyl (C=O) groups is 1. The molecule has 0 aliphatic carbocycles. The molecule has 1 atom stereocenters. The molecule has 4 rings (SSSR count). The summed E-state index contributed by atoms with van der Waals surface area (Å²) in [6, 6.07) is 7.78. The van der Waals surface area contributed by atoms with E-state index in [1.165, 1.54) is 5.56 Å². The Hall–Kier alpha value is -2.56. The quantitative estimate of drug-likeness (QED) is 0.920. The number of nitrogens with zero attached hydrogens (tertiary/aromatic N) is 1. The summed E-state index contributed by atoms with van der Waals surface area (Å²) in [6.07, 6.45) is 3.79. The van der Waals surface area contributed by atoms with Crippen LogP contribution in [0, 0.1) is 0 Å². The van der Waals surface area contributed by atoms with E-state index in [2.05, 4.69) is 17.2 Å². The Morgan fingerprint density at radius 3 is 3.13 bits per heavy atom. The van der Waals surface area contributed by atoms with Crippen LogP contribution in [0.15, 0.2) is 30.5 Å². The molecule has 3 heterocycles. The molecular formula is C18H18N2O3. The maximum Gasteiger partial charge on any atom is 0.225 e. The van der Waals surface area contributed by atoms with Gasteiger partial charge in [0, 0.05) is 23.7 Å². The molecule has 1 N–H and O–H groups in total. The summed E-state index contributed by atoms with van der Waals surface area (Å²) in [6.45, 7) is 2.97. The standard InChI is InChI=1S/C18H18N2O3/c1-11-7-9-22-15-4-2-12(10-14(11)15)23-16-6-8-19-18-13(16)3-5-17(21)20-18/h2,4,6,8,10-11H,3,5,7,9H2,1H3,(H,19,20,21)/t11-/m1/s1. The van der Waals surface area contributed by atoms with Gasteiger partial charge in [-0.3, -0.25) is 4.79 Å². The number of rotatable bonds is 2. The van der Waals surface area contributed by atoms with Gasteiger partial charge in [0.05, 0.1) is 6.61 Å². The zero-order valence-corrected chi connectivity index (χ0v) is 13.0. The molecule has 0 unspecified atom stereocenters. The van der Waals surface area contributed by atoms with Crippen LogP contribution in [0.2, 0.25) is 0 Å². The summed E-state index contributed by atoms with van der Waals surface area (Å²) >= 11 is 0. The van der Waals surface area contributed by atoms with Crippen molar-refractivity contribution in [1.29, 1.82) is 0 Å². The van der Waals surface area contributed by atoms with Crippen LogP contribution in [0.5, 0.6) is 17.2 Å². The van der Waals surface area contributed by atoms with E-state index in [1.807, 2.05) is 24.3 Å². The number of nitrogens with one attached hydrogen (secondary N) is 1. The van der Waals surface area contributed by atoms with Crippen LogP contribution in [0.4, 0.5) is 5.82 Å². The Bertz CT molecular complexity index is 773. The Kier molecular flexibility index (Phi) is 3.41. The van der Waals surface area contributed by atoms with Crippen molar-refractivity contribution < 1.29 is 14.3 Å². The Labute approximate surface area is 134 Å². The number of hydrogen-bond donors (Lipinski definition) is 1. The first kappa shape index (κ1) is 14.1. The molecule has 0 bridgehead atoms.